The zero-order valence-corrected chi connectivity index (χ0v) is 15.2. The van der Waals surface area contributed by atoms with E-state index in [9.17, 15) is 9.59 Å². The average molecular weight is 365 g/mol. The first kappa shape index (κ1) is 17.5. The van der Waals surface area contributed by atoms with Crippen LogP contribution in [0.15, 0.2) is 42.7 Å². The van der Waals surface area contributed by atoms with Crippen molar-refractivity contribution < 1.29 is 9.59 Å². The molecule has 1 aromatic carbocycles. The molecule has 140 valence electrons. The molecule has 0 bridgehead atoms. The molecule has 2 aromatic rings. The summed E-state index contributed by atoms with van der Waals surface area (Å²) in [4.78, 5) is 37.2. The lowest BCUT2D eigenvalue weighted by Crippen LogP contribution is -2.54. The van der Waals surface area contributed by atoms with Crippen LogP contribution in [0.2, 0.25) is 0 Å². The Hall–Kier alpha value is -2.96. The number of aromatic nitrogens is 2. The van der Waals surface area contributed by atoms with Crippen LogP contribution >= 0.6 is 0 Å². The lowest BCUT2D eigenvalue weighted by Gasteiger charge is -2.37. The highest BCUT2D eigenvalue weighted by atomic mass is 16.2. The van der Waals surface area contributed by atoms with Crippen molar-refractivity contribution in [2.45, 2.75) is 31.7 Å². The van der Waals surface area contributed by atoms with E-state index >= 15 is 0 Å². The SMILES string of the molecule is O=C(c1cnc(Nc2ccccc2)nc1)N1CCN(C2CCCC2)C(=O)C1. The van der Waals surface area contributed by atoms with Gasteiger partial charge < -0.3 is 15.1 Å². The second-order valence-electron chi connectivity index (χ2n) is 7.04. The fourth-order valence-corrected chi connectivity index (χ4v) is 3.80. The zero-order chi connectivity index (χ0) is 18.6. The minimum atomic E-state index is -0.194. The van der Waals surface area contributed by atoms with E-state index in [1.807, 2.05) is 35.2 Å². The summed E-state index contributed by atoms with van der Waals surface area (Å²) in [5.41, 5.74) is 1.28. The molecule has 0 atom stereocenters. The number of benzene rings is 1. The predicted octanol–water partition coefficient (Wildman–Crippen LogP) is 2.45. The van der Waals surface area contributed by atoms with E-state index in [0.717, 1.165) is 18.5 Å². The number of nitrogens with one attached hydrogen (secondary N) is 1. The molecule has 2 amide bonds. The molecule has 2 heterocycles. The Balaban J connectivity index is 1.37. The van der Waals surface area contributed by atoms with Crippen molar-refractivity contribution in [3.8, 4) is 0 Å². The average Bonchev–Trinajstić information content (AvgIpc) is 3.23. The van der Waals surface area contributed by atoms with Crippen molar-refractivity contribution in [2.75, 3.05) is 25.0 Å². The molecular weight excluding hydrogens is 342 g/mol. The number of piperazine rings is 1. The summed E-state index contributed by atoms with van der Waals surface area (Å²) in [5.74, 6) is 0.283. The predicted molar refractivity (Wildman–Crippen MR) is 102 cm³/mol. The second-order valence-corrected chi connectivity index (χ2v) is 7.04. The molecule has 1 aliphatic heterocycles. The van der Waals surface area contributed by atoms with Gasteiger partial charge in [0.2, 0.25) is 11.9 Å². The summed E-state index contributed by atoms with van der Waals surface area (Å²) in [7, 11) is 0. The van der Waals surface area contributed by atoms with Crippen LogP contribution in [0.5, 0.6) is 0 Å². The maximum Gasteiger partial charge on any atom is 0.257 e. The number of carbonyl (C=O) groups excluding carboxylic acids is 2. The summed E-state index contributed by atoms with van der Waals surface area (Å²) in [6.45, 7) is 1.31. The van der Waals surface area contributed by atoms with Gasteiger partial charge in [-0.3, -0.25) is 9.59 Å². The first-order chi connectivity index (χ1) is 13.2. The number of nitrogens with zero attached hydrogens (tertiary/aromatic N) is 4. The van der Waals surface area contributed by atoms with E-state index in [1.165, 1.54) is 25.2 Å². The van der Waals surface area contributed by atoms with Gasteiger partial charge in [-0.15, -0.1) is 0 Å². The Labute approximate surface area is 158 Å². The topological polar surface area (TPSA) is 78.4 Å². The summed E-state index contributed by atoms with van der Waals surface area (Å²) in [6, 6.07) is 9.96. The van der Waals surface area contributed by atoms with Gasteiger partial charge in [0.25, 0.3) is 5.91 Å². The van der Waals surface area contributed by atoms with Crippen molar-refractivity contribution in [1.29, 1.82) is 0 Å². The van der Waals surface area contributed by atoms with Gasteiger partial charge in [0, 0.05) is 37.2 Å². The zero-order valence-electron chi connectivity index (χ0n) is 15.2. The van der Waals surface area contributed by atoms with Crippen LogP contribution in [-0.4, -0.2) is 57.3 Å². The van der Waals surface area contributed by atoms with Gasteiger partial charge in [-0.1, -0.05) is 31.0 Å². The van der Waals surface area contributed by atoms with Crippen molar-refractivity contribution in [3.05, 3.63) is 48.3 Å². The Kier molecular flexibility index (Phi) is 5.00. The second kappa shape index (κ2) is 7.73. The normalized spacial score (nSPS) is 18.0. The van der Waals surface area contributed by atoms with E-state index in [-0.39, 0.29) is 18.4 Å². The van der Waals surface area contributed by atoms with Crippen molar-refractivity contribution in [2.24, 2.45) is 0 Å². The highest BCUT2D eigenvalue weighted by molar-refractivity contribution is 5.96. The molecule has 27 heavy (non-hydrogen) atoms. The van der Waals surface area contributed by atoms with Crippen molar-refractivity contribution >= 4 is 23.5 Å². The Bertz CT molecular complexity index is 803. The van der Waals surface area contributed by atoms with Gasteiger partial charge in [-0.25, -0.2) is 9.97 Å². The Morgan fingerprint density at radius 3 is 2.41 bits per heavy atom. The summed E-state index contributed by atoms with van der Waals surface area (Å²) in [6.07, 6.45) is 7.57. The smallest absolute Gasteiger partial charge is 0.257 e. The maximum atomic E-state index is 12.7. The van der Waals surface area contributed by atoms with Crippen LogP contribution in [0.4, 0.5) is 11.6 Å². The number of anilines is 2. The van der Waals surface area contributed by atoms with Crippen molar-refractivity contribution in [1.82, 2.24) is 19.8 Å². The van der Waals surface area contributed by atoms with E-state index in [2.05, 4.69) is 15.3 Å². The van der Waals surface area contributed by atoms with E-state index in [1.54, 1.807) is 4.90 Å². The summed E-state index contributed by atoms with van der Waals surface area (Å²) in [5, 5.41) is 3.09. The molecule has 0 radical (unpaired) electrons. The number of amides is 2. The molecule has 0 spiro atoms. The largest absolute Gasteiger partial charge is 0.336 e. The van der Waals surface area contributed by atoms with Crippen LogP contribution in [-0.2, 0) is 4.79 Å². The number of rotatable bonds is 4. The van der Waals surface area contributed by atoms with Crippen LogP contribution in [0.25, 0.3) is 0 Å². The first-order valence-corrected chi connectivity index (χ1v) is 9.43. The number of hydrogen-bond donors (Lipinski definition) is 1. The molecular formula is C20H23N5O2. The van der Waals surface area contributed by atoms with Crippen molar-refractivity contribution in [3.63, 3.8) is 0 Å². The number of hydrogen-bond acceptors (Lipinski definition) is 5. The third-order valence-corrected chi connectivity index (χ3v) is 5.24. The lowest BCUT2D eigenvalue weighted by molar-refractivity contribution is -0.137. The molecule has 2 aliphatic rings. The molecule has 1 saturated heterocycles. The highest BCUT2D eigenvalue weighted by Gasteiger charge is 2.33. The molecule has 1 aliphatic carbocycles. The molecule has 1 saturated carbocycles. The third-order valence-electron chi connectivity index (χ3n) is 5.24. The van der Waals surface area contributed by atoms with Crippen LogP contribution in [0, 0.1) is 0 Å². The van der Waals surface area contributed by atoms with Crippen LogP contribution in [0.3, 0.4) is 0 Å². The van der Waals surface area contributed by atoms with Gasteiger partial charge in [0.1, 0.15) is 6.54 Å². The molecule has 7 nitrogen and oxygen atoms in total. The monoisotopic (exact) mass is 365 g/mol. The summed E-state index contributed by atoms with van der Waals surface area (Å²) >= 11 is 0. The highest BCUT2D eigenvalue weighted by Crippen LogP contribution is 2.25. The van der Waals surface area contributed by atoms with Gasteiger partial charge in [-0.05, 0) is 25.0 Å². The van der Waals surface area contributed by atoms with E-state index < -0.39 is 0 Å². The standard InChI is InChI=1S/C20H23N5O2/c26-18-14-24(10-11-25(18)17-8-4-5-9-17)19(27)15-12-21-20(22-13-15)23-16-6-2-1-3-7-16/h1-3,6-7,12-13,17H,4-5,8-11,14H2,(H,21,22,23). The minimum absolute atomic E-state index is 0.0461. The Morgan fingerprint density at radius 1 is 1.04 bits per heavy atom. The van der Waals surface area contributed by atoms with Crippen LogP contribution < -0.4 is 5.32 Å². The molecule has 1 aromatic heterocycles. The fraction of sp³-hybridized carbons (Fsp3) is 0.400. The molecule has 4 rings (SSSR count). The maximum absolute atomic E-state index is 12.7. The first-order valence-electron chi connectivity index (χ1n) is 9.43. The van der Waals surface area contributed by atoms with E-state index in [0.29, 0.717) is 30.6 Å². The van der Waals surface area contributed by atoms with Crippen LogP contribution in [0.1, 0.15) is 36.0 Å². The van der Waals surface area contributed by atoms with E-state index in [4.69, 9.17) is 0 Å². The van der Waals surface area contributed by atoms with Gasteiger partial charge in [0.05, 0.1) is 5.56 Å². The number of para-hydroxylation sites is 1. The fourth-order valence-electron chi connectivity index (χ4n) is 3.80. The molecule has 0 unspecified atom stereocenters. The Morgan fingerprint density at radius 2 is 1.74 bits per heavy atom. The quantitative estimate of drug-likeness (QED) is 0.900. The number of carbonyl (C=O) groups is 2. The van der Waals surface area contributed by atoms with Gasteiger partial charge in [-0.2, -0.15) is 0 Å². The summed E-state index contributed by atoms with van der Waals surface area (Å²) < 4.78 is 0. The van der Waals surface area contributed by atoms with Gasteiger partial charge >= 0.3 is 0 Å². The molecule has 2 fully saturated rings. The lowest BCUT2D eigenvalue weighted by atomic mass is 10.1. The molecule has 1 N–H and O–H groups in total. The van der Waals surface area contributed by atoms with Gasteiger partial charge in [0.15, 0.2) is 0 Å². The minimum Gasteiger partial charge on any atom is -0.336 e. The molecule has 7 heteroatoms. The third kappa shape index (κ3) is 3.92.